The topological polar surface area (TPSA) is 59.0 Å². The second kappa shape index (κ2) is 6.46. The summed E-state index contributed by atoms with van der Waals surface area (Å²) in [6, 6.07) is 17.4. The van der Waals surface area contributed by atoms with Crippen LogP contribution < -0.4 is 10.5 Å². The molecule has 3 nitrogen and oxygen atoms in total. The van der Waals surface area contributed by atoms with Gasteiger partial charge in [0.2, 0.25) is 0 Å². The van der Waals surface area contributed by atoms with E-state index in [0.29, 0.717) is 23.6 Å². The highest BCUT2D eigenvalue weighted by atomic mass is 16.5. The minimum atomic E-state index is 0.513. The molecule has 2 rings (SSSR count). The van der Waals surface area contributed by atoms with Gasteiger partial charge in [-0.15, -0.1) is 0 Å². The number of rotatable bonds is 5. The smallest absolute Gasteiger partial charge is 0.142 e. The number of benzene rings is 2. The summed E-state index contributed by atoms with van der Waals surface area (Å²) < 4.78 is 5.62. The molecule has 2 aromatic rings. The van der Waals surface area contributed by atoms with Crippen molar-refractivity contribution >= 4 is 5.69 Å². The van der Waals surface area contributed by atoms with Gasteiger partial charge in [0.1, 0.15) is 5.75 Å². The van der Waals surface area contributed by atoms with Crippen LogP contribution >= 0.6 is 0 Å². The van der Waals surface area contributed by atoms with Crippen molar-refractivity contribution in [2.75, 3.05) is 12.3 Å². The summed E-state index contributed by atoms with van der Waals surface area (Å²) >= 11 is 0. The molecule has 0 fully saturated rings. The predicted molar refractivity (Wildman–Crippen MR) is 75.8 cm³/mol. The van der Waals surface area contributed by atoms with Gasteiger partial charge in [-0.3, -0.25) is 0 Å². The van der Waals surface area contributed by atoms with Gasteiger partial charge in [-0.25, -0.2) is 0 Å². The van der Waals surface area contributed by atoms with Crippen molar-refractivity contribution in [3.05, 3.63) is 59.7 Å². The van der Waals surface area contributed by atoms with Crippen molar-refractivity contribution in [3.8, 4) is 11.8 Å². The molecule has 0 heterocycles. The first kappa shape index (κ1) is 13.0. The van der Waals surface area contributed by atoms with E-state index in [-0.39, 0.29) is 0 Å². The molecule has 96 valence electrons. The molecule has 3 heteroatoms. The van der Waals surface area contributed by atoms with Crippen LogP contribution in [0.3, 0.4) is 0 Å². The quantitative estimate of drug-likeness (QED) is 0.657. The van der Waals surface area contributed by atoms with Crippen LogP contribution in [0.15, 0.2) is 48.5 Å². The van der Waals surface area contributed by atoms with Crippen LogP contribution in [0.1, 0.15) is 17.5 Å². The van der Waals surface area contributed by atoms with Crippen LogP contribution in [-0.4, -0.2) is 6.61 Å². The van der Waals surface area contributed by atoms with Gasteiger partial charge in [-0.05, 0) is 36.6 Å². The largest absolute Gasteiger partial charge is 0.491 e. The van der Waals surface area contributed by atoms with E-state index < -0.39 is 0 Å². The van der Waals surface area contributed by atoms with Gasteiger partial charge in [0.05, 0.1) is 23.9 Å². The number of hydrogen-bond donors (Lipinski definition) is 1. The highest BCUT2D eigenvalue weighted by Crippen LogP contribution is 2.22. The minimum absolute atomic E-state index is 0.513. The zero-order valence-corrected chi connectivity index (χ0v) is 10.7. The molecular weight excluding hydrogens is 236 g/mol. The van der Waals surface area contributed by atoms with Crippen LogP contribution in [0.4, 0.5) is 5.69 Å². The van der Waals surface area contributed by atoms with Gasteiger partial charge in [-0.1, -0.05) is 30.3 Å². The van der Waals surface area contributed by atoms with Crippen molar-refractivity contribution in [1.82, 2.24) is 0 Å². The SMILES string of the molecule is N#Cc1ccc(OCCCc2ccccc2)c(N)c1. The van der Waals surface area contributed by atoms with Crippen molar-refractivity contribution in [2.45, 2.75) is 12.8 Å². The summed E-state index contributed by atoms with van der Waals surface area (Å²) in [6.07, 6.45) is 1.92. The Hall–Kier alpha value is -2.47. The number of ether oxygens (including phenoxy) is 1. The molecule has 0 aliphatic heterocycles. The van der Waals surface area contributed by atoms with Gasteiger partial charge in [0, 0.05) is 0 Å². The molecule has 0 aliphatic rings. The number of nitriles is 1. The first-order valence-corrected chi connectivity index (χ1v) is 6.26. The molecule has 0 unspecified atom stereocenters. The molecule has 2 N–H and O–H groups in total. The van der Waals surface area contributed by atoms with Crippen molar-refractivity contribution in [2.24, 2.45) is 0 Å². The third-order valence-electron chi connectivity index (χ3n) is 2.85. The van der Waals surface area contributed by atoms with E-state index in [9.17, 15) is 0 Å². The van der Waals surface area contributed by atoms with Crippen molar-refractivity contribution in [1.29, 1.82) is 5.26 Å². The molecule has 0 bridgehead atoms. The lowest BCUT2D eigenvalue weighted by Gasteiger charge is -2.08. The highest BCUT2D eigenvalue weighted by Gasteiger charge is 2.01. The lowest BCUT2D eigenvalue weighted by Crippen LogP contribution is -2.02. The van der Waals surface area contributed by atoms with Crippen LogP contribution in [0, 0.1) is 11.3 Å². The van der Waals surface area contributed by atoms with Gasteiger partial charge in [0.25, 0.3) is 0 Å². The second-order valence-corrected chi connectivity index (χ2v) is 4.30. The third kappa shape index (κ3) is 3.75. The molecule has 0 saturated carbocycles. The van der Waals surface area contributed by atoms with E-state index in [0.717, 1.165) is 12.8 Å². The monoisotopic (exact) mass is 252 g/mol. The summed E-state index contributed by atoms with van der Waals surface area (Å²) in [6.45, 7) is 0.616. The maximum absolute atomic E-state index is 8.75. The molecule has 0 radical (unpaired) electrons. The Morgan fingerprint density at radius 3 is 2.58 bits per heavy atom. The average Bonchev–Trinajstić information content (AvgIpc) is 2.46. The normalized spacial score (nSPS) is 9.84. The molecule has 2 aromatic carbocycles. The number of anilines is 1. The summed E-state index contributed by atoms with van der Waals surface area (Å²) in [5, 5.41) is 8.75. The summed E-state index contributed by atoms with van der Waals surface area (Å²) in [5.41, 5.74) is 8.18. The zero-order valence-electron chi connectivity index (χ0n) is 10.7. The molecule has 0 saturated heterocycles. The van der Waals surface area contributed by atoms with Gasteiger partial charge >= 0.3 is 0 Å². The zero-order chi connectivity index (χ0) is 13.5. The first-order valence-electron chi connectivity index (χ1n) is 6.26. The standard InChI is InChI=1S/C16H16N2O/c17-12-14-8-9-16(15(18)11-14)19-10-4-7-13-5-2-1-3-6-13/h1-3,5-6,8-9,11H,4,7,10,18H2. The lowest BCUT2D eigenvalue weighted by atomic mass is 10.1. The molecule has 0 atom stereocenters. The summed E-state index contributed by atoms with van der Waals surface area (Å²) in [5.74, 6) is 0.645. The van der Waals surface area contributed by atoms with Gasteiger partial charge in [0.15, 0.2) is 0 Å². The molecule has 0 aliphatic carbocycles. The second-order valence-electron chi connectivity index (χ2n) is 4.30. The van der Waals surface area contributed by atoms with E-state index in [1.54, 1.807) is 18.2 Å². The Balaban J connectivity index is 1.82. The lowest BCUT2D eigenvalue weighted by molar-refractivity contribution is 0.312. The van der Waals surface area contributed by atoms with Crippen molar-refractivity contribution < 1.29 is 4.74 Å². The van der Waals surface area contributed by atoms with E-state index >= 15 is 0 Å². The average molecular weight is 252 g/mol. The Morgan fingerprint density at radius 2 is 1.89 bits per heavy atom. The Labute approximate surface area is 113 Å². The fourth-order valence-electron chi connectivity index (χ4n) is 1.85. The summed E-state index contributed by atoms with van der Waals surface area (Å²) in [7, 11) is 0. The number of aryl methyl sites for hydroxylation is 1. The molecule has 19 heavy (non-hydrogen) atoms. The first-order chi connectivity index (χ1) is 9.29. The van der Waals surface area contributed by atoms with Crippen LogP contribution in [0.5, 0.6) is 5.75 Å². The Bertz CT molecular complexity index is 573. The highest BCUT2D eigenvalue weighted by molar-refractivity contribution is 5.56. The third-order valence-corrected chi connectivity index (χ3v) is 2.85. The Kier molecular flexibility index (Phi) is 4.41. The van der Waals surface area contributed by atoms with E-state index in [4.69, 9.17) is 15.7 Å². The fraction of sp³-hybridized carbons (Fsp3) is 0.188. The van der Waals surface area contributed by atoms with Crippen LogP contribution in [-0.2, 0) is 6.42 Å². The fourth-order valence-corrected chi connectivity index (χ4v) is 1.85. The number of nitrogens with two attached hydrogens (primary N) is 1. The van der Waals surface area contributed by atoms with Gasteiger partial charge < -0.3 is 10.5 Å². The molecular formula is C16H16N2O. The van der Waals surface area contributed by atoms with E-state index in [1.807, 2.05) is 24.3 Å². The number of nitrogen functional groups attached to an aromatic ring is 1. The molecule has 0 spiro atoms. The molecule has 0 aromatic heterocycles. The van der Waals surface area contributed by atoms with Crippen LogP contribution in [0.25, 0.3) is 0 Å². The van der Waals surface area contributed by atoms with E-state index in [1.165, 1.54) is 5.56 Å². The molecule has 0 amide bonds. The predicted octanol–water partition coefficient (Wildman–Crippen LogP) is 3.15. The Morgan fingerprint density at radius 1 is 1.11 bits per heavy atom. The van der Waals surface area contributed by atoms with Gasteiger partial charge in [-0.2, -0.15) is 5.26 Å². The maximum Gasteiger partial charge on any atom is 0.142 e. The maximum atomic E-state index is 8.75. The minimum Gasteiger partial charge on any atom is -0.491 e. The summed E-state index contributed by atoms with van der Waals surface area (Å²) in [4.78, 5) is 0. The van der Waals surface area contributed by atoms with E-state index in [2.05, 4.69) is 12.1 Å². The number of nitrogens with zero attached hydrogens (tertiary/aromatic N) is 1. The van der Waals surface area contributed by atoms with Crippen molar-refractivity contribution in [3.63, 3.8) is 0 Å². The number of hydrogen-bond acceptors (Lipinski definition) is 3. The van der Waals surface area contributed by atoms with Crippen LogP contribution in [0.2, 0.25) is 0 Å².